The second kappa shape index (κ2) is 7.78. The van der Waals surface area contributed by atoms with E-state index in [0.717, 1.165) is 22.9 Å². The van der Waals surface area contributed by atoms with E-state index in [4.69, 9.17) is 16.2 Å². The average Bonchev–Trinajstić information content (AvgIpc) is 2.58. The van der Waals surface area contributed by atoms with Crippen molar-refractivity contribution in [2.24, 2.45) is 5.73 Å². The number of methoxy groups -OCH3 is 1. The predicted octanol–water partition coefficient (Wildman–Crippen LogP) is 1.74. The highest BCUT2D eigenvalue weighted by Crippen LogP contribution is 2.34. The van der Waals surface area contributed by atoms with E-state index in [-0.39, 0.29) is 35.7 Å². The summed E-state index contributed by atoms with van der Waals surface area (Å²) in [5, 5.41) is 3.95. The first-order valence-corrected chi connectivity index (χ1v) is 7.93. The van der Waals surface area contributed by atoms with Gasteiger partial charge in [0.2, 0.25) is 0 Å². The number of amides is 1. The Morgan fingerprint density at radius 2 is 1.96 bits per heavy atom. The fraction of sp³-hybridized carbons (Fsp3) is 0.353. The quantitative estimate of drug-likeness (QED) is 0.737. The number of nitrogens with zero attached hydrogens (tertiary/aromatic N) is 2. The summed E-state index contributed by atoms with van der Waals surface area (Å²) in [6.45, 7) is 1.82. The van der Waals surface area contributed by atoms with Crippen LogP contribution in [0.3, 0.4) is 0 Å². The number of rotatable bonds is 6. The zero-order chi connectivity index (χ0) is 20.4. The van der Waals surface area contributed by atoms with Crippen LogP contribution in [0, 0.1) is 0 Å². The van der Waals surface area contributed by atoms with Gasteiger partial charge in [-0.15, -0.1) is 0 Å². The summed E-state index contributed by atoms with van der Waals surface area (Å²) < 4.78 is 45.0. The highest BCUT2D eigenvalue weighted by atomic mass is 19.4. The van der Waals surface area contributed by atoms with Crippen molar-refractivity contribution in [2.75, 3.05) is 19.5 Å². The molecule has 0 spiro atoms. The molecule has 0 aliphatic rings. The summed E-state index contributed by atoms with van der Waals surface area (Å²) in [5.74, 6) is -1.67. The van der Waals surface area contributed by atoms with Crippen molar-refractivity contribution in [3.8, 4) is 0 Å². The summed E-state index contributed by atoms with van der Waals surface area (Å²) in [5.41, 5.74) is 9.51. The Morgan fingerprint density at radius 1 is 1.30 bits per heavy atom. The first-order valence-electron chi connectivity index (χ1n) is 7.93. The van der Waals surface area contributed by atoms with Crippen molar-refractivity contribution in [3.05, 3.63) is 57.0 Å². The van der Waals surface area contributed by atoms with Gasteiger partial charge in [0, 0.05) is 24.8 Å². The monoisotopic (exact) mass is 384 g/mol. The van der Waals surface area contributed by atoms with Crippen LogP contribution in [0.15, 0.2) is 29.1 Å². The molecule has 2 rings (SSSR count). The molecule has 0 fully saturated rings. The number of benzene rings is 1. The van der Waals surface area contributed by atoms with E-state index in [0.29, 0.717) is 0 Å². The first kappa shape index (κ1) is 20.4. The minimum Gasteiger partial charge on any atom is -0.399 e. The maximum Gasteiger partial charge on any atom is 0.416 e. The molecule has 2 aromatic rings. The van der Waals surface area contributed by atoms with E-state index in [1.54, 1.807) is 0 Å². The smallest absolute Gasteiger partial charge is 0.399 e. The minimum atomic E-state index is -4.59. The fourth-order valence-corrected chi connectivity index (χ4v) is 2.63. The lowest BCUT2D eigenvalue weighted by atomic mass is 9.90. The zero-order valence-corrected chi connectivity index (χ0v) is 14.7. The number of hydrogen-bond donors (Lipinski definition) is 2. The number of hydrogen-bond acceptors (Lipinski definition) is 5. The van der Waals surface area contributed by atoms with Crippen molar-refractivity contribution in [3.63, 3.8) is 0 Å². The molecule has 0 aliphatic heterocycles. The lowest BCUT2D eigenvalue weighted by Crippen LogP contribution is -2.30. The topological polar surface area (TPSA) is 113 Å². The van der Waals surface area contributed by atoms with Gasteiger partial charge >= 0.3 is 6.18 Å². The molecule has 1 amide bonds. The SMILES string of the molecule is COCCn1nc(C(N)=O)c([C@H](C)c2cc(N)cc(C(F)(F)F)c2)cc1=O. The third kappa shape index (κ3) is 4.64. The molecule has 27 heavy (non-hydrogen) atoms. The molecule has 0 unspecified atom stereocenters. The third-order valence-electron chi connectivity index (χ3n) is 4.04. The summed E-state index contributed by atoms with van der Waals surface area (Å²) in [4.78, 5) is 24.0. The van der Waals surface area contributed by atoms with Gasteiger partial charge in [0.1, 0.15) is 0 Å². The van der Waals surface area contributed by atoms with Crippen LogP contribution in [0.1, 0.15) is 40.0 Å². The molecule has 1 heterocycles. The van der Waals surface area contributed by atoms with Crippen LogP contribution in [-0.4, -0.2) is 29.4 Å². The van der Waals surface area contributed by atoms with Crippen LogP contribution in [0.25, 0.3) is 0 Å². The van der Waals surface area contributed by atoms with Gasteiger partial charge in [0.25, 0.3) is 11.5 Å². The van der Waals surface area contributed by atoms with Gasteiger partial charge in [-0.05, 0) is 29.3 Å². The Morgan fingerprint density at radius 3 is 2.52 bits per heavy atom. The van der Waals surface area contributed by atoms with Gasteiger partial charge in [-0.2, -0.15) is 18.3 Å². The molecule has 1 aromatic carbocycles. The number of nitrogens with two attached hydrogens (primary N) is 2. The predicted molar refractivity (Wildman–Crippen MR) is 92.3 cm³/mol. The largest absolute Gasteiger partial charge is 0.416 e. The Bertz CT molecular complexity index is 909. The number of carbonyl (C=O) groups excluding carboxylic acids is 1. The van der Waals surface area contributed by atoms with Crippen LogP contribution < -0.4 is 17.0 Å². The molecule has 0 aliphatic carbocycles. The van der Waals surface area contributed by atoms with Crippen molar-refractivity contribution in [1.82, 2.24) is 9.78 Å². The van der Waals surface area contributed by atoms with Gasteiger partial charge in [-0.25, -0.2) is 4.68 Å². The number of ether oxygens (including phenoxy) is 1. The number of nitrogen functional groups attached to an aromatic ring is 1. The molecular formula is C17H19F3N4O3. The summed E-state index contributed by atoms with van der Waals surface area (Å²) in [6.07, 6.45) is -4.59. The van der Waals surface area contributed by atoms with Crippen LogP contribution >= 0.6 is 0 Å². The second-order valence-electron chi connectivity index (χ2n) is 5.97. The Hall–Kier alpha value is -2.88. The normalized spacial score (nSPS) is 12.8. The molecule has 0 saturated carbocycles. The molecule has 7 nitrogen and oxygen atoms in total. The van der Waals surface area contributed by atoms with Gasteiger partial charge in [0.05, 0.1) is 18.7 Å². The van der Waals surface area contributed by atoms with Crippen molar-refractivity contribution in [1.29, 1.82) is 0 Å². The second-order valence-corrected chi connectivity index (χ2v) is 5.97. The zero-order valence-electron chi connectivity index (χ0n) is 14.7. The third-order valence-corrected chi connectivity index (χ3v) is 4.04. The number of aromatic nitrogens is 2. The van der Waals surface area contributed by atoms with Gasteiger partial charge < -0.3 is 16.2 Å². The lowest BCUT2D eigenvalue weighted by molar-refractivity contribution is -0.137. The average molecular weight is 384 g/mol. The summed E-state index contributed by atoms with van der Waals surface area (Å²) >= 11 is 0. The Labute approximate surface area is 152 Å². The van der Waals surface area contributed by atoms with E-state index in [1.807, 2.05) is 0 Å². The molecule has 0 radical (unpaired) electrons. The van der Waals surface area contributed by atoms with Gasteiger partial charge in [-0.1, -0.05) is 6.92 Å². The summed E-state index contributed by atoms with van der Waals surface area (Å²) in [7, 11) is 1.44. The van der Waals surface area contributed by atoms with Gasteiger partial charge in [0.15, 0.2) is 5.69 Å². The van der Waals surface area contributed by atoms with Crippen LogP contribution in [-0.2, 0) is 17.5 Å². The van der Waals surface area contributed by atoms with E-state index in [2.05, 4.69) is 5.10 Å². The number of carbonyl (C=O) groups is 1. The highest BCUT2D eigenvalue weighted by molar-refractivity contribution is 5.92. The minimum absolute atomic E-state index is 0.0892. The number of primary amides is 1. The standard InChI is InChI=1S/C17H19F3N4O3/c1-9(10-5-11(17(18,19)20)7-12(21)6-10)13-8-14(25)24(3-4-27-2)23-15(13)16(22)26/h5-9H,3-4,21H2,1-2H3,(H2,22,26)/t9-/m1/s1. The van der Waals surface area contributed by atoms with Crippen molar-refractivity contribution >= 4 is 11.6 Å². The van der Waals surface area contributed by atoms with Crippen molar-refractivity contribution < 1.29 is 22.7 Å². The molecule has 0 bridgehead atoms. The summed E-state index contributed by atoms with van der Waals surface area (Å²) in [6, 6.07) is 4.22. The number of alkyl halides is 3. The highest BCUT2D eigenvalue weighted by Gasteiger charge is 2.32. The fourth-order valence-electron chi connectivity index (χ4n) is 2.63. The van der Waals surface area contributed by atoms with Crippen LogP contribution in [0.4, 0.5) is 18.9 Å². The van der Waals surface area contributed by atoms with E-state index < -0.39 is 29.1 Å². The molecule has 4 N–H and O–H groups in total. The number of anilines is 1. The lowest BCUT2D eigenvalue weighted by Gasteiger charge is -2.18. The maximum absolute atomic E-state index is 13.0. The van der Waals surface area contributed by atoms with Crippen molar-refractivity contribution in [2.45, 2.75) is 25.6 Å². The molecule has 0 saturated heterocycles. The molecular weight excluding hydrogens is 365 g/mol. The molecule has 1 atom stereocenters. The van der Waals surface area contributed by atoms with E-state index >= 15 is 0 Å². The van der Waals surface area contributed by atoms with Crippen LogP contribution in [0.2, 0.25) is 0 Å². The Kier molecular flexibility index (Phi) is 5.89. The molecule has 146 valence electrons. The maximum atomic E-state index is 13.0. The first-order chi connectivity index (χ1) is 12.5. The van der Waals surface area contributed by atoms with Gasteiger partial charge in [-0.3, -0.25) is 9.59 Å². The van der Waals surface area contributed by atoms with E-state index in [1.165, 1.54) is 20.1 Å². The molecule has 1 aromatic heterocycles. The number of halogens is 3. The van der Waals surface area contributed by atoms with E-state index in [9.17, 15) is 22.8 Å². The van der Waals surface area contributed by atoms with Crippen LogP contribution in [0.5, 0.6) is 0 Å². The Balaban J connectivity index is 2.57. The molecule has 10 heteroatoms.